The molecule has 2 aromatic heterocycles. The summed E-state index contributed by atoms with van der Waals surface area (Å²) in [6, 6.07) is 3.54. The molecule has 3 aromatic rings. The van der Waals surface area contributed by atoms with Gasteiger partial charge in [0.25, 0.3) is 5.91 Å². The van der Waals surface area contributed by atoms with Gasteiger partial charge in [-0.1, -0.05) is 0 Å². The van der Waals surface area contributed by atoms with Crippen LogP contribution in [0.1, 0.15) is 40.0 Å². The molecule has 1 aliphatic rings. The lowest BCUT2D eigenvalue weighted by Crippen LogP contribution is -2.37. The van der Waals surface area contributed by atoms with Crippen molar-refractivity contribution in [3.8, 4) is 41.1 Å². The van der Waals surface area contributed by atoms with Gasteiger partial charge in [0.15, 0.2) is 17.3 Å². The Kier molecular flexibility index (Phi) is 7.63. The largest absolute Gasteiger partial charge is 0.459 e. The Morgan fingerprint density at radius 1 is 1.16 bits per heavy atom. The van der Waals surface area contributed by atoms with E-state index in [2.05, 4.69) is 20.3 Å². The Bertz CT molecular complexity index is 1650. The lowest BCUT2D eigenvalue weighted by Gasteiger charge is -2.19. The van der Waals surface area contributed by atoms with E-state index in [4.69, 9.17) is 6.42 Å². The Balaban J connectivity index is 1.88. The fourth-order valence-electron chi connectivity index (χ4n) is 4.18. The molecule has 0 atom stereocenters. The smallest absolute Gasteiger partial charge is 0.428 e. The quantitative estimate of drug-likeness (QED) is 0.264. The van der Waals surface area contributed by atoms with E-state index in [9.17, 15) is 54.0 Å². The first-order valence-electron chi connectivity index (χ1n) is 11.8. The number of carbonyl (C=O) groups excluding carboxylic acids is 1. The number of aromatic nitrogens is 4. The summed E-state index contributed by atoms with van der Waals surface area (Å²) in [5.41, 5.74) is -6.69. The van der Waals surface area contributed by atoms with Crippen molar-refractivity contribution in [3.05, 3.63) is 46.9 Å². The first-order valence-corrected chi connectivity index (χ1v) is 11.8. The van der Waals surface area contributed by atoms with Crippen LogP contribution in [0.3, 0.4) is 0 Å². The number of rotatable bonds is 8. The van der Waals surface area contributed by atoms with Crippen LogP contribution in [0.15, 0.2) is 24.5 Å². The average Bonchev–Trinajstić information content (AvgIpc) is 3.34. The van der Waals surface area contributed by atoms with E-state index in [1.165, 1.54) is 0 Å². The Morgan fingerprint density at radius 3 is 2.33 bits per heavy atom. The van der Waals surface area contributed by atoms with Gasteiger partial charge in [-0.25, -0.2) is 9.36 Å². The number of halogens is 10. The number of amides is 1. The molecule has 1 fully saturated rings. The van der Waals surface area contributed by atoms with Gasteiger partial charge in [0.2, 0.25) is 0 Å². The van der Waals surface area contributed by atoms with Gasteiger partial charge in [-0.2, -0.15) is 59.4 Å². The van der Waals surface area contributed by atoms with Gasteiger partial charge in [0, 0.05) is 25.2 Å². The first kappa shape index (κ1) is 31.2. The maximum Gasteiger partial charge on any atom is 0.459 e. The monoisotopic (exact) mass is 622 g/mol. The number of hydrogen-bond donors (Lipinski definition) is 1. The third-order valence-electron chi connectivity index (χ3n) is 6.33. The van der Waals surface area contributed by atoms with Crippen molar-refractivity contribution >= 4 is 5.91 Å². The van der Waals surface area contributed by atoms with E-state index in [1.807, 2.05) is 12.0 Å². The summed E-state index contributed by atoms with van der Waals surface area (Å²) in [6.07, 6.45) is -4.53. The van der Waals surface area contributed by atoms with Crippen molar-refractivity contribution in [2.45, 2.75) is 49.7 Å². The standard InChI is InChI=1S/C25H16F10N6O2/c1-3-4-12-7-13(8-15(16(12)24(30,31)32)19(42)38-22(11-36)5-6-22)14-9-37-41(10-14)20-17(43-21(26)27)18(39-40(20)2)23(28,29)25(33,34)35/h1,7-10,21H,4-6H2,2H3,(H,38,42). The van der Waals surface area contributed by atoms with Crippen LogP contribution in [0, 0.1) is 23.7 Å². The number of hydrogen-bond acceptors (Lipinski definition) is 5. The van der Waals surface area contributed by atoms with Crippen molar-refractivity contribution in [2.24, 2.45) is 7.05 Å². The normalized spacial score (nSPS) is 14.7. The molecule has 0 spiro atoms. The van der Waals surface area contributed by atoms with Gasteiger partial charge in [0.05, 0.1) is 23.4 Å². The highest BCUT2D eigenvalue weighted by Crippen LogP contribution is 2.48. The van der Waals surface area contributed by atoms with E-state index >= 15 is 0 Å². The molecule has 228 valence electrons. The average molecular weight is 622 g/mol. The number of nitrogens with one attached hydrogen (secondary N) is 1. The van der Waals surface area contributed by atoms with E-state index < -0.39 is 76.7 Å². The van der Waals surface area contributed by atoms with E-state index in [0.717, 1.165) is 31.6 Å². The van der Waals surface area contributed by atoms with Crippen molar-refractivity contribution in [3.63, 3.8) is 0 Å². The maximum atomic E-state index is 14.2. The Labute approximate surface area is 234 Å². The number of aryl methyl sites for hydroxylation is 1. The third-order valence-corrected chi connectivity index (χ3v) is 6.33. The molecule has 0 radical (unpaired) electrons. The molecule has 4 rings (SSSR count). The summed E-state index contributed by atoms with van der Waals surface area (Å²) in [7, 11) is 0.833. The molecule has 1 saturated carbocycles. The highest BCUT2D eigenvalue weighted by Gasteiger charge is 2.62. The molecule has 0 aliphatic heterocycles. The fourth-order valence-corrected chi connectivity index (χ4v) is 4.18. The predicted molar refractivity (Wildman–Crippen MR) is 125 cm³/mol. The van der Waals surface area contributed by atoms with E-state index in [0.29, 0.717) is 9.36 Å². The third kappa shape index (κ3) is 5.81. The molecular weight excluding hydrogens is 606 g/mol. The number of nitriles is 1. The predicted octanol–water partition coefficient (Wildman–Crippen LogP) is 5.51. The van der Waals surface area contributed by atoms with E-state index in [-0.39, 0.29) is 24.0 Å². The molecule has 8 nitrogen and oxygen atoms in total. The zero-order valence-corrected chi connectivity index (χ0v) is 21.4. The second-order valence-electron chi connectivity index (χ2n) is 9.33. The van der Waals surface area contributed by atoms with Crippen molar-refractivity contribution in [1.82, 2.24) is 24.9 Å². The molecule has 43 heavy (non-hydrogen) atoms. The molecule has 1 aromatic carbocycles. The van der Waals surface area contributed by atoms with Crippen molar-refractivity contribution in [2.75, 3.05) is 0 Å². The van der Waals surface area contributed by atoms with Gasteiger partial charge in [-0.15, -0.1) is 12.3 Å². The number of terminal acetylenes is 1. The van der Waals surface area contributed by atoms with Crippen LogP contribution >= 0.6 is 0 Å². The Morgan fingerprint density at radius 2 is 1.81 bits per heavy atom. The summed E-state index contributed by atoms with van der Waals surface area (Å²) in [6.45, 7) is -3.87. The number of nitrogens with zero attached hydrogens (tertiary/aromatic N) is 5. The summed E-state index contributed by atoms with van der Waals surface area (Å²) in [4.78, 5) is 13.0. The molecule has 1 amide bonds. The molecular formula is C25H16F10N6O2. The molecule has 2 heterocycles. The zero-order valence-electron chi connectivity index (χ0n) is 21.4. The molecule has 0 saturated heterocycles. The van der Waals surface area contributed by atoms with Gasteiger partial charge in [-0.05, 0) is 36.1 Å². The second kappa shape index (κ2) is 10.5. The summed E-state index contributed by atoms with van der Waals surface area (Å²) < 4.78 is 141. The van der Waals surface area contributed by atoms with Crippen LogP contribution in [0.5, 0.6) is 5.75 Å². The summed E-state index contributed by atoms with van der Waals surface area (Å²) >= 11 is 0. The lowest BCUT2D eigenvalue weighted by atomic mass is 9.92. The van der Waals surface area contributed by atoms with Crippen molar-refractivity contribution < 1.29 is 53.4 Å². The fraction of sp³-hybridized carbons (Fsp3) is 0.360. The summed E-state index contributed by atoms with van der Waals surface area (Å²) in [5, 5.41) is 18.3. The Hall–Kier alpha value is -4.74. The van der Waals surface area contributed by atoms with E-state index in [1.54, 1.807) is 0 Å². The van der Waals surface area contributed by atoms with Gasteiger partial charge in [0.1, 0.15) is 5.54 Å². The number of alkyl halides is 10. The molecule has 0 bridgehead atoms. The van der Waals surface area contributed by atoms with Gasteiger partial charge < -0.3 is 10.1 Å². The SMILES string of the molecule is C#CCc1cc(-c2cnn(-c3c(OC(F)F)c(C(F)(F)C(F)(F)F)nn3C)c2)cc(C(=O)NC2(C#N)CC2)c1C(F)(F)F. The topological polar surface area (TPSA) is 97.8 Å². The van der Waals surface area contributed by atoms with Crippen LogP contribution < -0.4 is 10.1 Å². The number of benzene rings is 1. The lowest BCUT2D eigenvalue weighted by molar-refractivity contribution is -0.291. The molecule has 1 aliphatic carbocycles. The molecule has 18 heteroatoms. The van der Waals surface area contributed by atoms with Crippen LogP contribution in [-0.2, 0) is 25.6 Å². The number of carbonyl (C=O) groups is 1. The van der Waals surface area contributed by atoms with Crippen molar-refractivity contribution in [1.29, 1.82) is 5.26 Å². The highest BCUT2D eigenvalue weighted by atomic mass is 19.4. The zero-order chi connectivity index (χ0) is 32.1. The maximum absolute atomic E-state index is 14.2. The first-order chi connectivity index (χ1) is 19.8. The summed E-state index contributed by atoms with van der Waals surface area (Å²) in [5.74, 6) is -7.52. The number of ether oxygens (including phenoxy) is 1. The minimum absolute atomic E-state index is 0.143. The van der Waals surface area contributed by atoms with Crippen LogP contribution in [0.2, 0.25) is 0 Å². The van der Waals surface area contributed by atoms with Crippen LogP contribution in [0.4, 0.5) is 43.9 Å². The molecule has 0 unspecified atom stereocenters. The van der Waals surface area contributed by atoms with Crippen LogP contribution in [0.25, 0.3) is 16.9 Å². The molecule has 1 N–H and O–H groups in total. The second-order valence-corrected chi connectivity index (χ2v) is 9.33. The highest BCUT2D eigenvalue weighted by molar-refractivity contribution is 5.98. The minimum atomic E-state index is -6.25. The minimum Gasteiger partial charge on any atom is -0.428 e. The van der Waals surface area contributed by atoms with Crippen LogP contribution in [-0.4, -0.2) is 43.8 Å². The van der Waals surface area contributed by atoms with Gasteiger partial charge in [-0.3, -0.25) is 4.79 Å². The van der Waals surface area contributed by atoms with Gasteiger partial charge >= 0.3 is 24.9 Å².